The minimum Gasteiger partial charge on any atom is -0.443 e. The SMILES string of the molecule is CN1CCCCC1c1ncc(CN)o1. The lowest BCUT2D eigenvalue weighted by molar-refractivity contribution is 0.157. The minimum absolute atomic E-state index is 0.351. The fourth-order valence-corrected chi connectivity index (χ4v) is 1.96. The molecule has 2 rings (SSSR count). The number of aromatic nitrogens is 1. The Morgan fingerprint density at radius 2 is 2.50 bits per heavy atom. The lowest BCUT2D eigenvalue weighted by Gasteiger charge is -2.29. The molecule has 0 aliphatic carbocycles. The maximum Gasteiger partial charge on any atom is 0.211 e. The van der Waals surface area contributed by atoms with E-state index in [0.29, 0.717) is 12.6 Å². The molecule has 78 valence electrons. The lowest BCUT2D eigenvalue weighted by Crippen LogP contribution is -2.29. The van der Waals surface area contributed by atoms with Crippen LogP contribution in [0, 0.1) is 0 Å². The van der Waals surface area contributed by atoms with E-state index >= 15 is 0 Å². The number of piperidine rings is 1. The molecule has 14 heavy (non-hydrogen) atoms. The van der Waals surface area contributed by atoms with Crippen LogP contribution in [-0.4, -0.2) is 23.5 Å². The Hall–Kier alpha value is -0.870. The third-order valence-corrected chi connectivity index (χ3v) is 2.83. The normalized spacial score (nSPS) is 24.0. The van der Waals surface area contributed by atoms with Gasteiger partial charge in [0.05, 0.1) is 18.8 Å². The van der Waals surface area contributed by atoms with Crippen molar-refractivity contribution in [3.63, 3.8) is 0 Å². The second-order valence-electron chi connectivity index (χ2n) is 3.86. The summed E-state index contributed by atoms with van der Waals surface area (Å²) >= 11 is 0. The average molecular weight is 195 g/mol. The summed E-state index contributed by atoms with van der Waals surface area (Å²) in [4.78, 5) is 6.57. The molecule has 0 spiro atoms. The van der Waals surface area contributed by atoms with Crippen molar-refractivity contribution < 1.29 is 4.42 Å². The van der Waals surface area contributed by atoms with E-state index in [1.165, 1.54) is 12.8 Å². The second kappa shape index (κ2) is 4.11. The Morgan fingerprint density at radius 3 is 3.14 bits per heavy atom. The van der Waals surface area contributed by atoms with E-state index in [1.807, 2.05) is 0 Å². The molecule has 1 fully saturated rings. The van der Waals surface area contributed by atoms with Crippen molar-refractivity contribution in [3.05, 3.63) is 17.8 Å². The van der Waals surface area contributed by atoms with E-state index in [9.17, 15) is 0 Å². The number of hydrogen-bond donors (Lipinski definition) is 1. The van der Waals surface area contributed by atoms with Crippen LogP contribution in [-0.2, 0) is 6.54 Å². The molecule has 1 unspecified atom stereocenters. The summed E-state index contributed by atoms with van der Waals surface area (Å²) in [7, 11) is 2.12. The van der Waals surface area contributed by atoms with Crippen LogP contribution in [0.25, 0.3) is 0 Å². The Morgan fingerprint density at radius 1 is 1.64 bits per heavy atom. The van der Waals surface area contributed by atoms with Gasteiger partial charge >= 0.3 is 0 Å². The standard InChI is InChI=1S/C10H17N3O/c1-13-5-3-2-4-9(13)10-12-7-8(6-11)14-10/h7,9H,2-6,11H2,1H3. The molecule has 1 atom stereocenters. The molecule has 1 aromatic rings. The van der Waals surface area contributed by atoms with Crippen molar-refractivity contribution in [2.45, 2.75) is 31.8 Å². The summed E-state index contributed by atoms with van der Waals surface area (Å²) in [5.74, 6) is 1.60. The molecule has 4 nitrogen and oxygen atoms in total. The van der Waals surface area contributed by atoms with Gasteiger partial charge in [-0.15, -0.1) is 0 Å². The summed E-state index contributed by atoms with van der Waals surface area (Å²) in [6.45, 7) is 1.56. The molecule has 0 radical (unpaired) electrons. The van der Waals surface area contributed by atoms with Gasteiger partial charge in [0.1, 0.15) is 5.76 Å². The van der Waals surface area contributed by atoms with E-state index in [2.05, 4.69) is 16.9 Å². The third kappa shape index (κ3) is 1.81. The van der Waals surface area contributed by atoms with E-state index in [4.69, 9.17) is 10.2 Å². The molecule has 0 bridgehead atoms. The van der Waals surface area contributed by atoms with Gasteiger partial charge in [-0.3, -0.25) is 4.90 Å². The first-order chi connectivity index (χ1) is 6.81. The van der Waals surface area contributed by atoms with Gasteiger partial charge in [-0.05, 0) is 26.4 Å². The van der Waals surface area contributed by atoms with Crippen molar-refractivity contribution >= 4 is 0 Å². The van der Waals surface area contributed by atoms with Crippen LogP contribution in [0.15, 0.2) is 10.6 Å². The van der Waals surface area contributed by atoms with E-state index in [0.717, 1.165) is 24.6 Å². The van der Waals surface area contributed by atoms with Crippen molar-refractivity contribution in [3.8, 4) is 0 Å². The predicted molar refractivity (Wildman–Crippen MR) is 53.6 cm³/mol. The number of oxazole rings is 1. The van der Waals surface area contributed by atoms with Gasteiger partial charge in [-0.1, -0.05) is 6.42 Å². The molecule has 4 heteroatoms. The van der Waals surface area contributed by atoms with E-state index in [1.54, 1.807) is 6.20 Å². The molecule has 1 aliphatic rings. The largest absolute Gasteiger partial charge is 0.443 e. The number of likely N-dealkylation sites (tertiary alicyclic amines) is 1. The molecular weight excluding hydrogens is 178 g/mol. The van der Waals surface area contributed by atoms with E-state index in [-0.39, 0.29) is 0 Å². The minimum atomic E-state index is 0.351. The van der Waals surface area contributed by atoms with Crippen LogP contribution in [0.3, 0.4) is 0 Å². The number of rotatable bonds is 2. The lowest BCUT2D eigenvalue weighted by atomic mass is 10.0. The highest BCUT2D eigenvalue weighted by Gasteiger charge is 2.24. The average Bonchev–Trinajstić information content (AvgIpc) is 2.67. The Bertz CT molecular complexity index is 297. The van der Waals surface area contributed by atoms with Crippen molar-refractivity contribution in [1.29, 1.82) is 0 Å². The van der Waals surface area contributed by atoms with E-state index < -0.39 is 0 Å². The first-order valence-corrected chi connectivity index (χ1v) is 5.16. The van der Waals surface area contributed by atoms with Gasteiger partial charge in [0.2, 0.25) is 5.89 Å². The maximum atomic E-state index is 5.56. The predicted octanol–water partition coefficient (Wildman–Crippen LogP) is 1.29. The highest BCUT2D eigenvalue weighted by atomic mass is 16.4. The zero-order valence-electron chi connectivity index (χ0n) is 8.57. The molecule has 0 amide bonds. The van der Waals surface area contributed by atoms with Crippen LogP contribution >= 0.6 is 0 Å². The van der Waals surface area contributed by atoms with Crippen molar-refractivity contribution in [2.75, 3.05) is 13.6 Å². The summed E-state index contributed by atoms with van der Waals surface area (Å²) < 4.78 is 5.56. The number of hydrogen-bond acceptors (Lipinski definition) is 4. The Kier molecular flexibility index (Phi) is 2.84. The number of nitrogens with zero attached hydrogens (tertiary/aromatic N) is 2. The van der Waals surface area contributed by atoms with Gasteiger partial charge < -0.3 is 10.2 Å². The summed E-state index contributed by atoms with van der Waals surface area (Å²) in [6, 6.07) is 0.351. The monoisotopic (exact) mass is 195 g/mol. The van der Waals surface area contributed by atoms with Gasteiger partial charge in [0.15, 0.2) is 0 Å². The van der Waals surface area contributed by atoms with Crippen LogP contribution in [0.1, 0.15) is 37.0 Å². The Balaban J connectivity index is 2.12. The zero-order valence-corrected chi connectivity index (χ0v) is 8.57. The molecule has 1 saturated heterocycles. The van der Waals surface area contributed by atoms with Gasteiger partial charge in [0, 0.05) is 0 Å². The quantitative estimate of drug-likeness (QED) is 0.772. The van der Waals surface area contributed by atoms with Crippen LogP contribution in [0.5, 0.6) is 0 Å². The molecule has 1 aromatic heterocycles. The summed E-state index contributed by atoms with van der Waals surface area (Å²) in [6.07, 6.45) is 5.41. The second-order valence-corrected chi connectivity index (χ2v) is 3.86. The topological polar surface area (TPSA) is 55.3 Å². The van der Waals surface area contributed by atoms with Gasteiger partial charge in [-0.2, -0.15) is 0 Å². The fraction of sp³-hybridized carbons (Fsp3) is 0.700. The zero-order chi connectivity index (χ0) is 9.97. The smallest absolute Gasteiger partial charge is 0.211 e. The highest BCUT2D eigenvalue weighted by Crippen LogP contribution is 2.28. The Labute approximate surface area is 84.1 Å². The molecular formula is C10H17N3O. The van der Waals surface area contributed by atoms with Gasteiger partial charge in [-0.25, -0.2) is 4.98 Å². The van der Waals surface area contributed by atoms with Gasteiger partial charge in [0.25, 0.3) is 0 Å². The molecule has 0 saturated carbocycles. The molecule has 2 N–H and O–H groups in total. The molecule has 0 aromatic carbocycles. The third-order valence-electron chi connectivity index (χ3n) is 2.83. The maximum absolute atomic E-state index is 5.56. The number of nitrogens with two attached hydrogens (primary N) is 1. The van der Waals surface area contributed by atoms with Crippen LogP contribution in [0.4, 0.5) is 0 Å². The van der Waals surface area contributed by atoms with Crippen LogP contribution in [0.2, 0.25) is 0 Å². The first kappa shape index (κ1) is 9.68. The van der Waals surface area contributed by atoms with Crippen molar-refractivity contribution in [1.82, 2.24) is 9.88 Å². The van der Waals surface area contributed by atoms with Crippen LogP contribution < -0.4 is 5.73 Å². The summed E-state index contributed by atoms with van der Waals surface area (Å²) in [5.41, 5.74) is 5.48. The summed E-state index contributed by atoms with van der Waals surface area (Å²) in [5, 5.41) is 0. The molecule has 2 heterocycles. The first-order valence-electron chi connectivity index (χ1n) is 5.16. The van der Waals surface area contributed by atoms with Crippen molar-refractivity contribution in [2.24, 2.45) is 5.73 Å². The fourth-order valence-electron chi connectivity index (χ4n) is 1.96. The molecule has 1 aliphatic heterocycles. The highest BCUT2D eigenvalue weighted by molar-refractivity contribution is 4.99.